The Labute approximate surface area is 114 Å². The molecule has 2 rings (SSSR count). The SMILES string of the molecule is O=CN1CCC(c2cccc(Cl)c2C(F)(F)F)CC1. The Balaban J connectivity index is 2.31. The van der Waals surface area contributed by atoms with Gasteiger partial charge in [0, 0.05) is 13.1 Å². The van der Waals surface area contributed by atoms with E-state index in [9.17, 15) is 18.0 Å². The molecule has 0 spiro atoms. The second-order valence-electron chi connectivity index (χ2n) is 4.62. The van der Waals surface area contributed by atoms with E-state index in [1.807, 2.05) is 0 Å². The van der Waals surface area contributed by atoms with Gasteiger partial charge in [0.25, 0.3) is 0 Å². The van der Waals surface area contributed by atoms with Crippen molar-refractivity contribution in [1.29, 1.82) is 0 Å². The van der Waals surface area contributed by atoms with Gasteiger partial charge in [-0.05, 0) is 30.4 Å². The molecule has 0 aromatic heterocycles. The van der Waals surface area contributed by atoms with Gasteiger partial charge >= 0.3 is 6.18 Å². The van der Waals surface area contributed by atoms with Crippen molar-refractivity contribution in [3.8, 4) is 0 Å². The average Bonchev–Trinajstić information content (AvgIpc) is 2.37. The number of nitrogens with zero attached hydrogens (tertiary/aromatic N) is 1. The number of halogens is 4. The van der Waals surface area contributed by atoms with Crippen molar-refractivity contribution >= 4 is 18.0 Å². The van der Waals surface area contributed by atoms with E-state index >= 15 is 0 Å². The zero-order chi connectivity index (χ0) is 14.0. The Hall–Kier alpha value is -1.23. The van der Waals surface area contributed by atoms with E-state index in [0.29, 0.717) is 25.9 Å². The van der Waals surface area contributed by atoms with E-state index < -0.39 is 11.7 Å². The van der Waals surface area contributed by atoms with Gasteiger partial charge in [-0.2, -0.15) is 13.2 Å². The second-order valence-corrected chi connectivity index (χ2v) is 5.02. The standard InChI is InChI=1S/C13H13ClF3NO/c14-11-3-1-2-10(12(11)13(15,16)17)9-4-6-18(8-19)7-5-9/h1-3,8-9H,4-7H2. The van der Waals surface area contributed by atoms with E-state index in [1.165, 1.54) is 12.1 Å². The van der Waals surface area contributed by atoms with Crippen molar-refractivity contribution in [3.63, 3.8) is 0 Å². The topological polar surface area (TPSA) is 20.3 Å². The van der Waals surface area contributed by atoms with Crippen LogP contribution in [0.15, 0.2) is 18.2 Å². The first kappa shape index (κ1) is 14.2. The lowest BCUT2D eigenvalue weighted by Gasteiger charge is -2.31. The third-order valence-corrected chi connectivity index (χ3v) is 3.76. The highest BCUT2D eigenvalue weighted by Gasteiger charge is 2.38. The molecule has 6 heteroatoms. The monoisotopic (exact) mass is 291 g/mol. The zero-order valence-corrected chi connectivity index (χ0v) is 10.8. The van der Waals surface area contributed by atoms with Gasteiger partial charge in [0.05, 0.1) is 10.6 Å². The number of rotatable bonds is 2. The minimum atomic E-state index is -4.45. The van der Waals surface area contributed by atoms with Crippen molar-refractivity contribution in [3.05, 3.63) is 34.3 Å². The third-order valence-electron chi connectivity index (χ3n) is 3.45. The van der Waals surface area contributed by atoms with Crippen molar-refractivity contribution in [2.45, 2.75) is 24.9 Å². The van der Waals surface area contributed by atoms with Crippen LogP contribution in [0.25, 0.3) is 0 Å². The molecule has 1 saturated heterocycles. The molecule has 1 fully saturated rings. The van der Waals surface area contributed by atoms with Gasteiger partial charge in [-0.25, -0.2) is 0 Å². The molecule has 1 aromatic rings. The first-order valence-electron chi connectivity index (χ1n) is 5.98. The van der Waals surface area contributed by atoms with Gasteiger partial charge in [0.15, 0.2) is 0 Å². The van der Waals surface area contributed by atoms with Gasteiger partial charge in [-0.3, -0.25) is 4.79 Å². The summed E-state index contributed by atoms with van der Waals surface area (Å²) >= 11 is 5.70. The van der Waals surface area contributed by atoms with Crippen molar-refractivity contribution < 1.29 is 18.0 Å². The number of hydrogen-bond acceptors (Lipinski definition) is 1. The summed E-state index contributed by atoms with van der Waals surface area (Å²) in [6.45, 7) is 0.968. The Kier molecular flexibility index (Phi) is 4.04. The molecular formula is C13H13ClF3NO. The minimum absolute atomic E-state index is 0.202. The van der Waals surface area contributed by atoms with Gasteiger partial charge in [0.1, 0.15) is 0 Å². The number of carbonyl (C=O) groups is 1. The Bertz CT molecular complexity index is 467. The fourth-order valence-corrected chi connectivity index (χ4v) is 2.78. The van der Waals surface area contributed by atoms with Crippen LogP contribution in [0.3, 0.4) is 0 Å². The first-order chi connectivity index (χ1) is 8.93. The summed E-state index contributed by atoms with van der Waals surface area (Å²) in [6.07, 6.45) is -2.65. The zero-order valence-electron chi connectivity index (χ0n) is 10.1. The molecule has 0 bridgehead atoms. The predicted octanol–water partition coefficient (Wildman–Crippen LogP) is 3.69. The van der Waals surface area contributed by atoms with Crippen LogP contribution in [0.4, 0.5) is 13.2 Å². The van der Waals surface area contributed by atoms with E-state index in [1.54, 1.807) is 11.0 Å². The van der Waals surface area contributed by atoms with Crippen LogP contribution in [-0.4, -0.2) is 24.4 Å². The van der Waals surface area contributed by atoms with E-state index in [0.717, 1.165) is 6.41 Å². The molecule has 0 unspecified atom stereocenters. The Morgan fingerprint density at radius 1 is 1.26 bits per heavy atom. The van der Waals surface area contributed by atoms with Crippen LogP contribution in [0.2, 0.25) is 5.02 Å². The van der Waals surface area contributed by atoms with Crippen LogP contribution in [0, 0.1) is 0 Å². The molecule has 0 atom stereocenters. The molecule has 1 amide bonds. The molecule has 0 aliphatic carbocycles. The smallest absolute Gasteiger partial charge is 0.345 e. The maximum Gasteiger partial charge on any atom is 0.418 e. The van der Waals surface area contributed by atoms with Crippen LogP contribution < -0.4 is 0 Å². The molecule has 1 heterocycles. The highest BCUT2D eigenvalue weighted by Crippen LogP contribution is 2.42. The van der Waals surface area contributed by atoms with Gasteiger partial charge in [0.2, 0.25) is 6.41 Å². The van der Waals surface area contributed by atoms with Crippen LogP contribution in [-0.2, 0) is 11.0 Å². The van der Waals surface area contributed by atoms with Crippen LogP contribution >= 0.6 is 11.6 Å². The molecule has 19 heavy (non-hydrogen) atoms. The number of amides is 1. The molecule has 0 saturated carbocycles. The summed E-state index contributed by atoms with van der Waals surface area (Å²) in [5.74, 6) is -0.202. The number of carbonyl (C=O) groups excluding carboxylic acids is 1. The Morgan fingerprint density at radius 2 is 1.89 bits per heavy atom. The van der Waals surface area contributed by atoms with Gasteiger partial charge in [-0.15, -0.1) is 0 Å². The molecule has 1 aliphatic heterocycles. The van der Waals surface area contributed by atoms with Crippen molar-refractivity contribution in [2.75, 3.05) is 13.1 Å². The molecule has 2 nitrogen and oxygen atoms in total. The number of piperidine rings is 1. The van der Waals surface area contributed by atoms with Crippen molar-refractivity contribution in [2.24, 2.45) is 0 Å². The number of benzene rings is 1. The van der Waals surface area contributed by atoms with Gasteiger partial charge in [-0.1, -0.05) is 23.7 Å². The maximum atomic E-state index is 13.1. The lowest BCUT2D eigenvalue weighted by Crippen LogP contribution is -2.32. The molecule has 1 aliphatic rings. The minimum Gasteiger partial charge on any atom is -0.345 e. The highest BCUT2D eigenvalue weighted by molar-refractivity contribution is 6.31. The fraction of sp³-hybridized carbons (Fsp3) is 0.462. The summed E-state index contributed by atoms with van der Waals surface area (Å²) in [4.78, 5) is 12.2. The summed E-state index contributed by atoms with van der Waals surface area (Å²) in [5, 5.41) is -0.261. The number of likely N-dealkylation sites (tertiary alicyclic amines) is 1. The normalized spacial score (nSPS) is 17.6. The summed E-state index contributed by atoms with van der Waals surface area (Å²) in [5.41, 5.74) is -0.494. The largest absolute Gasteiger partial charge is 0.418 e. The second kappa shape index (κ2) is 5.41. The first-order valence-corrected chi connectivity index (χ1v) is 6.36. The van der Waals surface area contributed by atoms with Crippen LogP contribution in [0.1, 0.15) is 29.9 Å². The van der Waals surface area contributed by atoms with Crippen LogP contribution in [0.5, 0.6) is 0 Å². The average molecular weight is 292 g/mol. The molecular weight excluding hydrogens is 279 g/mol. The fourth-order valence-electron chi connectivity index (χ4n) is 2.50. The maximum absolute atomic E-state index is 13.1. The van der Waals surface area contributed by atoms with Crippen molar-refractivity contribution in [1.82, 2.24) is 4.90 Å². The molecule has 1 aromatic carbocycles. The molecule has 104 valence electrons. The lowest BCUT2D eigenvalue weighted by molar-refractivity contribution is -0.138. The quantitative estimate of drug-likeness (QED) is 0.761. The van der Waals surface area contributed by atoms with E-state index in [4.69, 9.17) is 11.6 Å². The summed E-state index contributed by atoms with van der Waals surface area (Å²) < 4.78 is 39.2. The summed E-state index contributed by atoms with van der Waals surface area (Å²) in [6, 6.07) is 4.28. The number of alkyl halides is 3. The lowest BCUT2D eigenvalue weighted by atomic mass is 9.86. The summed E-state index contributed by atoms with van der Waals surface area (Å²) in [7, 11) is 0. The van der Waals surface area contributed by atoms with E-state index in [2.05, 4.69) is 0 Å². The van der Waals surface area contributed by atoms with Gasteiger partial charge < -0.3 is 4.90 Å². The molecule has 0 radical (unpaired) electrons. The highest BCUT2D eigenvalue weighted by atomic mass is 35.5. The Morgan fingerprint density at radius 3 is 2.42 bits per heavy atom. The predicted molar refractivity (Wildman–Crippen MR) is 66.1 cm³/mol. The number of hydrogen-bond donors (Lipinski definition) is 0. The third kappa shape index (κ3) is 3.03. The molecule has 0 N–H and O–H groups in total. The van der Waals surface area contributed by atoms with E-state index in [-0.39, 0.29) is 16.5 Å².